The van der Waals surface area contributed by atoms with Gasteiger partial charge < -0.3 is 9.47 Å². The summed E-state index contributed by atoms with van der Waals surface area (Å²) in [7, 11) is -2.00. The first-order valence-electron chi connectivity index (χ1n) is 23.1. The molecule has 1 N–H and O–H groups in total. The highest BCUT2D eigenvalue weighted by molar-refractivity contribution is 6.82. The highest BCUT2D eigenvalue weighted by Crippen LogP contribution is 2.34. The second-order valence-electron chi connectivity index (χ2n) is 19.9. The number of hydrazine groups is 1. The molecule has 69 heavy (non-hydrogen) atoms. The van der Waals surface area contributed by atoms with E-state index in [1.807, 2.05) is 148 Å². The van der Waals surface area contributed by atoms with E-state index in [1.54, 1.807) is 63.8 Å². The lowest BCUT2D eigenvalue weighted by Gasteiger charge is -2.38. The summed E-state index contributed by atoms with van der Waals surface area (Å²) in [5.74, 6) is -0.850. The topological polar surface area (TPSA) is 153 Å². The molecular formula is C53H57B2N9O5. The number of hydrogen-bond acceptors (Lipinski definition) is 11. The Labute approximate surface area is 405 Å². The largest absolute Gasteiger partial charge is 0.462 e. The number of anilines is 2. The van der Waals surface area contributed by atoms with E-state index in [1.165, 1.54) is 5.01 Å². The summed E-state index contributed by atoms with van der Waals surface area (Å²) in [6, 6.07) is 27.5. The number of pyridine rings is 2. The third-order valence-corrected chi connectivity index (χ3v) is 12.1. The molecule has 0 radical (unpaired) electrons. The normalized spacial score (nSPS) is 15.5. The van der Waals surface area contributed by atoms with Gasteiger partial charge in [-0.2, -0.15) is 10.2 Å². The number of aromatic nitrogens is 2. The monoisotopic (exact) mass is 921 g/mol. The van der Waals surface area contributed by atoms with Crippen LogP contribution in [0.3, 0.4) is 0 Å². The van der Waals surface area contributed by atoms with Gasteiger partial charge in [-0.1, -0.05) is 64.7 Å². The summed E-state index contributed by atoms with van der Waals surface area (Å²) in [4.78, 5) is 71.5. The van der Waals surface area contributed by atoms with Gasteiger partial charge in [0, 0.05) is 40.5 Å². The molecule has 0 saturated carbocycles. The number of nitrogens with one attached hydrogen (secondary N) is 1. The summed E-state index contributed by atoms with van der Waals surface area (Å²) in [5.41, 5.74) is 9.24. The minimum Gasteiger partial charge on any atom is -0.452 e. The van der Waals surface area contributed by atoms with Gasteiger partial charge in [0.15, 0.2) is 5.78 Å². The average molecular weight is 922 g/mol. The molecule has 0 saturated heterocycles. The maximum absolute atomic E-state index is 14.6. The lowest BCUT2D eigenvalue weighted by atomic mass is 9.58. The molecule has 8 rings (SSSR count). The summed E-state index contributed by atoms with van der Waals surface area (Å²) < 4.78 is 7.30. The molecule has 3 amide bonds. The molecule has 1 atom stereocenters. The molecular weight excluding hydrogens is 864 g/mol. The second-order valence-corrected chi connectivity index (χ2v) is 19.9. The Morgan fingerprint density at radius 1 is 0.681 bits per heavy atom. The maximum atomic E-state index is 14.6. The predicted molar refractivity (Wildman–Crippen MR) is 273 cm³/mol. The molecule has 14 nitrogen and oxygen atoms in total. The summed E-state index contributed by atoms with van der Waals surface area (Å²) in [5, 5.41) is 11.1. The van der Waals surface area contributed by atoms with Crippen molar-refractivity contribution < 1.29 is 23.8 Å². The molecule has 2 aliphatic heterocycles. The molecule has 2 aromatic heterocycles. The van der Waals surface area contributed by atoms with Gasteiger partial charge in [0.05, 0.1) is 24.5 Å². The molecule has 5 aromatic rings. The quantitative estimate of drug-likeness (QED) is 0.109. The average Bonchev–Trinajstić information content (AvgIpc) is 3.31. The Morgan fingerprint density at radius 3 is 1.80 bits per heavy atom. The van der Waals surface area contributed by atoms with Crippen LogP contribution in [-0.2, 0) is 9.37 Å². The molecule has 0 spiro atoms. The van der Waals surface area contributed by atoms with Crippen molar-refractivity contribution in [3.8, 4) is 0 Å². The first kappa shape index (κ1) is 48.0. The van der Waals surface area contributed by atoms with Crippen LogP contribution in [0.5, 0.6) is 0 Å². The van der Waals surface area contributed by atoms with E-state index in [0.29, 0.717) is 45.7 Å². The smallest absolute Gasteiger partial charge is 0.452 e. The van der Waals surface area contributed by atoms with E-state index < -0.39 is 37.0 Å². The number of carbonyl (C=O) groups excluding carboxylic acids is 4. The number of nitrogens with zero attached hydrogens (tertiary/aromatic N) is 8. The van der Waals surface area contributed by atoms with Crippen molar-refractivity contribution in [1.29, 1.82) is 0 Å². The van der Waals surface area contributed by atoms with Gasteiger partial charge in [0.2, 0.25) is 0 Å². The third kappa shape index (κ3) is 10.5. The summed E-state index contributed by atoms with van der Waals surface area (Å²) in [6.45, 7) is 19.0. The molecule has 0 fully saturated rings. The lowest BCUT2D eigenvalue weighted by molar-refractivity contribution is -0.123. The minimum absolute atomic E-state index is 0.109. The Bertz CT molecular complexity index is 2900. The third-order valence-electron chi connectivity index (χ3n) is 12.1. The zero-order chi connectivity index (χ0) is 49.4. The molecule has 1 aliphatic carbocycles. The van der Waals surface area contributed by atoms with Crippen LogP contribution in [0.25, 0.3) is 0 Å². The van der Waals surface area contributed by atoms with Crippen molar-refractivity contribution >= 4 is 67.1 Å². The number of fused-ring (bicyclic) bond motifs is 2. The fourth-order valence-corrected chi connectivity index (χ4v) is 8.79. The van der Waals surface area contributed by atoms with Crippen molar-refractivity contribution in [2.45, 2.75) is 86.7 Å². The summed E-state index contributed by atoms with van der Waals surface area (Å²) in [6.07, 6.45) is 11.0. The van der Waals surface area contributed by atoms with E-state index in [-0.39, 0.29) is 29.7 Å². The number of hydrogen-bond donors (Lipinski definition) is 1. The number of rotatable bonds is 10. The van der Waals surface area contributed by atoms with Crippen molar-refractivity contribution in [1.82, 2.24) is 25.3 Å². The highest BCUT2D eigenvalue weighted by Gasteiger charge is 2.46. The lowest BCUT2D eigenvalue weighted by Crippen LogP contribution is -2.59. The van der Waals surface area contributed by atoms with Crippen molar-refractivity contribution in [2.24, 2.45) is 16.1 Å². The van der Waals surface area contributed by atoms with Gasteiger partial charge in [-0.25, -0.2) is 15.0 Å². The molecule has 0 bridgehead atoms. The van der Waals surface area contributed by atoms with Gasteiger partial charge in [-0.15, -0.1) is 0 Å². The fraction of sp³-hybridized carbons (Fsp3) is 0.283. The molecule has 4 heterocycles. The molecule has 3 aliphatic rings. The van der Waals surface area contributed by atoms with Gasteiger partial charge >= 0.3 is 14.1 Å². The Balaban J connectivity index is 1.17. The maximum Gasteiger partial charge on any atom is 0.462 e. The Morgan fingerprint density at radius 2 is 1.25 bits per heavy atom. The number of carbonyl (C=O) groups is 4. The van der Waals surface area contributed by atoms with Gasteiger partial charge in [0.1, 0.15) is 11.6 Å². The predicted octanol–water partition coefficient (Wildman–Crippen LogP) is 7.78. The number of ketones is 1. The van der Waals surface area contributed by atoms with Crippen molar-refractivity contribution in [3.63, 3.8) is 0 Å². The second kappa shape index (κ2) is 19.3. The van der Waals surface area contributed by atoms with Gasteiger partial charge in [-0.3, -0.25) is 34.4 Å². The first-order chi connectivity index (χ1) is 32.7. The van der Waals surface area contributed by atoms with E-state index in [4.69, 9.17) is 14.8 Å². The number of benzene rings is 3. The van der Waals surface area contributed by atoms with Crippen LogP contribution in [-0.4, -0.2) is 87.5 Å². The van der Waals surface area contributed by atoms with Crippen molar-refractivity contribution in [3.05, 3.63) is 171 Å². The van der Waals surface area contributed by atoms with Gasteiger partial charge in [0.25, 0.3) is 17.7 Å². The molecule has 1 unspecified atom stereocenters. The molecule has 16 heteroatoms. The van der Waals surface area contributed by atoms with E-state index in [0.717, 1.165) is 27.8 Å². The van der Waals surface area contributed by atoms with Crippen LogP contribution < -0.4 is 20.7 Å². The van der Waals surface area contributed by atoms with Crippen molar-refractivity contribution in [2.75, 3.05) is 16.4 Å². The SMILES string of the molecule is Cc1cc(C)cc(C(=O)N(CC(=O)C2C=C3B(OB4c5cc(C(=O)NN(C(=O)c6cc(C)cc(C)c6)C(C)(C)C)ccc5C=NN4c4ccccn4)N(c4ccccn4)N=CC3=CC2)C(C)(C)C)c1. The number of Topliss-reactive ketones (excluding diaryl/α,β-unsaturated/α-hetero) is 1. The number of amides is 3. The number of hydrazone groups is 2. The Kier molecular flexibility index (Phi) is 13.4. The van der Waals surface area contributed by atoms with Crippen LogP contribution >= 0.6 is 0 Å². The number of aryl methyl sites for hydroxylation is 4. The first-order valence-corrected chi connectivity index (χ1v) is 23.1. The van der Waals surface area contributed by atoms with E-state index in [2.05, 4.69) is 15.4 Å². The zero-order valence-corrected chi connectivity index (χ0v) is 40.9. The molecule has 350 valence electrons. The zero-order valence-electron chi connectivity index (χ0n) is 40.9. The highest BCUT2D eigenvalue weighted by atomic mass is 16.4. The van der Waals surface area contributed by atoms with Gasteiger partial charge in [-0.05, 0) is 158 Å². The summed E-state index contributed by atoms with van der Waals surface area (Å²) >= 11 is 0. The minimum atomic E-state index is -1.02. The Hall–Kier alpha value is -7.45. The molecule has 3 aromatic carbocycles. The fourth-order valence-electron chi connectivity index (χ4n) is 8.79. The van der Waals surface area contributed by atoms with E-state index >= 15 is 0 Å². The van der Waals surface area contributed by atoms with Crippen LogP contribution in [0.15, 0.2) is 137 Å². The standard InChI is InChI=1S/C53H57B2N9O5/c1-34-23-35(2)26-42(25-34)50(67)61(52(5,6)7)33-46(65)38-17-19-40-31-58-63(47-15-11-13-21-56-47)54(44(40)29-38)69-55-45-30-39(18-20-41(45)32-59-64(55)48-16-12-14-22-57-48)49(66)60-62(53(8,9)10)51(68)43-27-36(3)24-37(4)28-43/h11-16,18-32,38H,17,33H2,1-10H3,(H,60,66). The van der Waals surface area contributed by atoms with Crippen LogP contribution in [0.1, 0.15) is 107 Å². The van der Waals surface area contributed by atoms with Crippen LogP contribution in [0.2, 0.25) is 0 Å². The number of allylic oxidation sites excluding steroid dienone is 4. The van der Waals surface area contributed by atoms with Crippen LogP contribution in [0, 0.1) is 33.6 Å². The van der Waals surface area contributed by atoms with E-state index in [9.17, 15) is 19.2 Å². The van der Waals surface area contributed by atoms with Crippen LogP contribution in [0.4, 0.5) is 11.6 Å².